The Morgan fingerprint density at radius 3 is 2.31 bits per heavy atom. The number of halogens is 2. The van der Waals surface area contributed by atoms with Crippen LogP contribution in [0.25, 0.3) is 0 Å². The van der Waals surface area contributed by atoms with E-state index in [1.54, 1.807) is 18.5 Å². The van der Waals surface area contributed by atoms with E-state index >= 15 is 0 Å². The molecule has 0 unspecified atom stereocenters. The average Bonchev–Trinajstić information content (AvgIpc) is 3.03. The van der Waals surface area contributed by atoms with Crippen molar-refractivity contribution in [3.8, 4) is 0 Å². The Balaban J connectivity index is 2.14. The number of nitrogens with zero attached hydrogens (tertiary/aromatic N) is 4. The van der Waals surface area contributed by atoms with Crippen LogP contribution in [0.5, 0.6) is 0 Å². The summed E-state index contributed by atoms with van der Waals surface area (Å²) in [5.74, 6) is -0.0446. The van der Waals surface area contributed by atoms with Gasteiger partial charge in [-0.3, -0.25) is 9.78 Å². The Morgan fingerprint density at radius 1 is 1.16 bits per heavy atom. The van der Waals surface area contributed by atoms with Gasteiger partial charge in [0.1, 0.15) is 10.9 Å². The third-order valence-corrected chi connectivity index (χ3v) is 6.15. The van der Waals surface area contributed by atoms with Crippen molar-refractivity contribution in [1.29, 1.82) is 0 Å². The van der Waals surface area contributed by atoms with Crippen LogP contribution in [0.1, 0.15) is 43.8 Å². The quantitative estimate of drug-likeness (QED) is 0.439. The molecular formula is C22H22Cl2N4O3S. The molecule has 0 radical (unpaired) electrons. The van der Waals surface area contributed by atoms with Gasteiger partial charge in [-0.1, -0.05) is 48.8 Å². The Bertz CT molecular complexity index is 1100. The van der Waals surface area contributed by atoms with Gasteiger partial charge in [-0.05, 0) is 41.8 Å². The normalized spacial score (nSPS) is 11.1. The number of imidazole rings is 1. The summed E-state index contributed by atoms with van der Waals surface area (Å²) in [7, 11) is 0. The Hall–Kier alpha value is -2.55. The van der Waals surface area contributed by atoms with Crippen LogP contribution in [0.4, 0.5) is 4.79 Å². The average molecular weight is 493 g/mol. The highest BCUT2D eigenvalue weighted by Gasteiger charge is 2.25. The van der Waals surface area contributed by atoms with E-state index < -0.39 is 12.0 Å². The number of carbonyl (C=O) groups excluding carboxylic acids is 1. The van der Waals surface area contributed by atoms with Crippen molar-refractivity contribution in [2.45, 2.75) is 49.7 Å². The smallest absolute Gasteiger partial charge is 0.414 e. The molecule has 10 heteroatoms. The van der Waals surface area contributed by atoms with Crippen molar-refractivity contribution in [3.63, 3.8) is 0 Å². The monoisotopic (exact) mass is 492 g/mol. The number of imide groups is 1. The second kappa shape index (κ2) is 10.4. The van der Waals surface area contributed by atoms with Gasteiger partial charge in [0.15, 0.2) is 0 Å². The molecule has 0 fully saturated rings. The second-order valence-electron chi connectivity index (χ2n) is 7.41. The lowest BCUT2D eigenvalue weighted by Crippen LogP contribution is -2.34. The van der Waals surface area contributed by atoms with Gasteiger partial charge in [-0.2, -0.15) is 0 Å². The number of carboxylic acid groups (broad SMARTS) is 1. The minimum atomic E-state index is -1.32. The highest BCUT2D eigenvalue weighted by molar-refractivity contribution is 7.99. The summed E-state index contributed by atoms with van der Waals surface area (Å²) in [6.07, 6.45) is 2.06. The van der Waals surface area contributed by atoms with Crippen LogP contribution in [0, 0.1) is 0 Å². The molecule has 0 saturated carbocycles. The summed E-state index contributed by atoms with van der Waals surface area (Å²) in [6, 6.07) is 9.04. The Labute approximate surface area is 200 Å². The maximum atomic E-state index is 11.9. The first-order chi connectivity index (χ1) is 15.2. The van der Waals surface area contributed by atoms with Crippen LogP contribution in [0.3, 0.4) is 0 Å². The molecule has 0 bridgehead atoms. The van der Waals surface area contributed by atoms with E-state index in [4.69, 9.17) is 28.2 Å². The summed E-state index contributed by atoms with van der Waals surface area (Å²) < 4.78 is 1.93. The van der Waals surface area contributed by atoms with Crippen molar-refractivity contribution in [3.05, 3.63) is 69.9 Å². The molecule has 0 spiro atoms. The van der Waals surface area contributed by atoms with E-state index in [1.807, 2.05) is 42.7 Å². The van der Waals surface area contributed by atoms with Crippen molar-refractivity contribution >= 4 is 47.0 Å². The highest BCUT2D eigenvalue weighted by Crippen LogP contribution is 2.37. The summed E-state index contributed by atoms with van der Waals surface area (Å²) in [5, 5.41) is 11.4. The van der Waals surface area contributed by atoms with E-state index in [2.05, 4.69) is 4.98 Å². The third-order valence-electron chi connectivity index (χ3n) is 4.62. The fourth-order valence-electron chi connectivity index (χ4n) is 3.09. The molecule has 3 rings (SSSR count). The van der Waals surface area contributed by atoms with Gasteiger partial charge in [0.25, 0.3) is 0 Å². The SMILES string of the molecule is CC(=O)N(Cc1nc(C(C)C)c(Sc2cc(Cl)cc(Cl)c2)n1Cc1ccncc1)C(=O)O. The zero-order valence-corrected chi connectivity index (χ0v) is 20.1. The summed E-state index contributed by atoms with van der Waals surface area (Å²) in [6.45, 7) is 5.51. The van der Waals surface area contributed by atoms with Crippen LogP contribution in [0.2, 0.25) is 10.0 Å². The molecule has 0 aliphatic heterocycles. The minimum absolute atomic E-state index is 0.0557. The lowest BCUT2D eigenvalue weighted by molar-refractivity contribution is -0.127. The maximum absolute atomic E-state index is 11.9. The predicted molar refractivity (Wildman–Crippen MR) is 124 cm³/mol. The molecule has 2 amide bonds. The number of carbonyl (C=O) groups is 2. The van der Waals surface area contributed by atoms with Gasteiger partial charge in [0.05, 0.1) is 12.2 Å². The fraction of sp³-hybridized carbons (Fsp3) is 0.273. The first-order valence-corrected chi connectivity index (χ1v) is 11.4. The third kappa shape index (κ3) is 5.82. The topological polar surface area (TPSA) is 88.3 Å². The summed E-state index contributed by atoms with van der Waals surface area (Å²) in [4.78, 5) is 33.9. The molecule has 168 valence electrons. The number of hydrogen-bond acceptors (Lipinski definition) is 5. The first kappa shape index (κ1) is 24.1. The second-order valence-corrected chi connectivity index (χ2v) is 9.34. The Morgan fingerprint density at radius 2 is 1.78 bits per heavy atom. The van der Waals surface area contributed by atoms with Crippen LogP contribution in [-0.2, 0) is 17.9 Å². The van der Waals surface area contributed by atoms with E-state index in [9.17, 15) is 14.7 Å². The molecule has 3 aromatic rings. The van der Waals surface area contributed by atoms with Crippen LogP contribution >= 0.6 is 35.0 Å². The number of aromatic nitrogens is 3. The molecule has 2 heterocycles. The van der Waals surface area contributed by atoms with E-state index in [0.29, 0.717) is 22.4 Å². The maximum Gasteiger partial charge on any atom is 0.414 e. The first-order valence-electron chi connectivity index (χ1n) is 9.79. The number of pyridine rings is 1. The van der Waals surface area contributed by atoms with Crippen LogP contribution in [0.15, 0.2) is 52.6 Å². The van der Waals surface area contributed by atoms with Gasteiger partial charge >= 0.3 is 6.09 Å². The van der Waals surface area contributed by atoms with Crippen molar-refractivity contribution in [2.75, 3.05) is 0 Å². The van der Waals surface area contributed by atoms with Crippen molar-refractivity contribution in [1.82, 2.24) is 19.4 Å². The van der Waals surface area contributed by atoms with Gasteiger partial charge in [0.2, 0.25) is 5.91 Å². The molecule has 32 heavy (non-hydrogen) atoms. The molecule has 0 aliphatic carbocycles. The molecule has 0 atom stereocenters. The van der Waals surface area contributed by atoms with E-state index in [0.717, 1.165) is 26.1 Å². The number of hydrogen-bond donors (Lipinski definition) is 1. The van der Waals surface area contributed by atoms with Gasteiger partial charge in [-0.25, -0.2) is 14.7 Å². The highest BCUT2D eigenvalue weighted by atomic mass is 35.5. The molecule has 2 aromatic heterocycles. The van der Waals surface area contributed by atoms with Crippen molar-refractivity contribution < 1.29 is 14.7 Å². The fourth-order valence-corrected chi connectivity index (χ4v) is 5.01. The van der Waals surface area contributed by atoms with Gasteiger partial charge < -0.3 is 9.67 Å². The Kier molecular flexibility index (Phi) is 7.82. The van der Waals surface area contributed by atoms with E-state index in [1.165, 1.54) is 18.7 Å². The lowest BCUT2D eigenvalue weighted by atomic mass is 10.1. The van der Waals surface area contributed by atoms with Gasteiger partial charge in [-0.15, -0.1) is 0 Å². The molecule has 0 saturated heterocycles. The van der Waals surface area contributed by atoms with Crippen molar-refractivity contribution in [2.24, 2.45) is 0 Å². The largest absolute Gasteiger partial charge is 0.465 e. The van der Waals surface area contributed by atoms with Gasteiger partial charge in [0, 0.05) is 40.8 Å². The number of benzene rings is 1. The number of rotatable bonds is 7. The van der Waals surface area contributed by atoms with Crippen LogP contribution in [-0.4, -0.2) is 36.5 Å². The zero-order valence-electron chi connectivity index (χ0n) is 17.7. The standard InChI is InChI=1S/C22H22Cl2N4O3S/c1-13(2)20-21(32-18-9-16(23)8-17(24)10-18)28(11-15-4-6-25-7-5-15)19(26-20)12-27(14(3)29)22(30)31/h4-10,13H,11-12H2,1-3H3,(H,30,31). The molecule has 1 N–H and O–H groups in total. The minimum Gasteiger partial charge on any atom is -0.465 e. The summed E-state index contributed by atoms with van der Waals surface area (Å²) in [5.41, 5.74) is 1.76. The molecular weight excluding hydrogens is 471 g/mol. The summed E-state index contributed by atoms with van der Waals surface area (Å²) >= 11 is 13.8. The zero-order chi connectivity index (χ0) is 23.4. The lowest BCUT2D eigenvalue weighted by Gasteiger charge is -2.17. The molecule has 7 nitrogen and oxygen atoms in total. The molecule has 1 aromatic carbocycles. The predicted octanol–water partition coefficient (Wildman–Crippen LogP) is 5.93. The number of amides is 2. The van der Waals surface area contributed by atoms with E-state index in [-0.39, 0.29) is 12.5 Å². The van der Waals surface area contributed by atoms with Crippen LogP contribution < -0.4 is 0 Å². The molecule has 0 aliphatic rings.